The molecule has 0 radical (unpaired) electrons. The fourth-order valence-corrected chi connectivity index (χ4v) is 4.22. The zero-order valence-electron chi connectivity index (χ0n) is 22.2. The van der Waals surface area contributed by atoms with Crippen LogP contribution in [0, 0.1) is 0 Å². The number of phenols is 2. The van der Waals surface area contributed by atoms with E-state index < -0.39 is 54.0 Å². The number of carbonyl (C=O) groups is 4. The van der Waals surface area contributed by atoms with Crippen molar-refractivity contribution >= 4 is 35.5 Å². The number of carboxylic acid groups (broad SMARTS) is 1. The van der Waals surface area contributed by atoms with Crippen LogP contribution in [0.2, 0.25) is 0 Å². The van der Waals surface area contributed by atoms with Crippen LogP contribution in [-0.2, 0) is 32.0 Å². The lowest BCUT2D eigenvalue weighted by atomic mass is 10.0. The van der Waals surface area contributed by atoms with E-state index in [1.165, 1.54) is 43.0 Å². The number of nitrogens with one attached hydrogen (secondary N) is 3. The van der Waals surface area contributed by atoms with Gasteiger partial charge in [-0.25, -0.2) is 4.79 Å². The first kappa shape index (κ1) is 32.4. The maximum absolute atomic E-state index is 13.2. The smallest absolute Gasteiger partial charge is 0.326 e. The summed E-state index contributed by atoms with van der Waals surface area (Å²) in [6, 6.07) is 6.96. The number of benzene rings is 2. The summed E-state index contributed by atoms with van der Waals surface area (Å²) in [4.78, 5) is 50.8. The van der Waals surface area contributed by atoms with E-state index in [4.69, 9.17) is 5.73 Å². The fourth-order valence-electron chi connectivity index (χ4n) is 3.75. The molecule has 218 valence electrons. The van der Waals surface area contributed by atoms with E-state index in [-0.39, 0.29) is 30.8 Å². The Morgan fingerprint density at radius 1 is 0.800 bits per heavy atom. The first-order valence-electron chi connectivity index (χ1n) is 12.5. The highest BCUT2D eigenvalue weighted by atomic mass is 32.2. The molecule has 40 heavy (non-hydrogen) atoms. The molecule has 2 rings (SSSR count). The molecule has 12 nitrogen and oxygen atoms in total. The number of rotatable bonds is 15. The fraction of sp³-hybridized carbons (Fsp3) is 0.407. The molecule has 0 bridgehead atoms. The molecule has 0 fully saturated rings. The minimum absolute atomic E-state index is 0.00248. The van der Waals surface area contributed by atoms with E-state index in [0.717, 1.165) is 0 Å². The summed E-state index contributed by atoms with van der Waals surface area (Å²) in [7, 11) is 0. The zero-order chi connectivity index (χ0) is 29.8. The van der Waals surface area contributed by atoms with E-state index in [1.807, 2.05) is 0 Å². The highest BCUT2D eigenvalue weighted by Crippen LogP contribution is 2.13. The summed E-state index contributed by atoms with van der Waals surface area (Å²) in [6.45, 7) is 1.29. The van der Waals surface area contributed by atoms with Crippen LogP contribution in [-0.4, -0.2) is 86.4 Å². The Labute approximate surface area is 236 Å². The largest absolute Gasteiger partial charge is 0.508 e. The van der Waals surface area contributed by atoms with Crippen molar-refractivity contribution in [1.29, 1.82) is 0 Å². The van der Waals surface area contributed by atoms with Crippen LogP contribution in [0.25, 0.3) is 0 Å². The van der Waals surface area contributed by atoms with Crippen LogP contribution >= 0.6 is 11.8 Å². The number of hydrogen-bond donors (Lipinski definition) is 8. The monoisotopic (exact) mass is 576 g/mol. The molecule has 2 aromatic rings. The number of carboxylic acids is 1. The van der Waals surface area contributed by atoms with E-state index in [2.05, 4.69) is 16.0 Å². The molecule has 5 unspecified atom stereocenters. The van der Waals surface area contributed by atoms with Crippen molar-refractivity contribution in [3.8, 4) is 11.5 Å². The van der Waals surface area contributed by atoms with E-state index in [1.54, 1.807) is 30.5 Å². The van der Waals surface area contributed by atoms with Crippen molar-refractivity contribution < 1.29 is 39.6 Å². The van der Waals surface area contributed by atoms with Gasteiger partial charge in [-0.15, -0.1) is 0 Å². The van der Waals surface area contributed by atoms with Crippen molar-refractivity contribution in [3.05, 3.63) is 59.7 Å². The maximum atomic E-state index is 13.2. The van der Waals surface area contributed by atoms with Crippen LogP contribution in [0.4, 0.5) is 0 Å². The van der Waals surface area contributed by atoms with Gasteiger partial charge in [-0.05, 0) is 67.2 Å². The van der Waals surface area contributed by atoms with Gasteiger partial charge in [0.25, 0.3) is 0 Å². The second-order valence-corrected chi connectivity index (χ2v) is 10.3. The van der Waals surface area contributed by atoms with Gasteiger partial charge in [0.05, 0.1) is 12.1 Å². The lowest BCUT2D eigenvalue weighted by Gasteiger charge is -2.26. The lowest BCUT2D eigenvalue weighted by molar-refractivity contribution is -0.142. The Balaban J connectivity index is 2.18. The molecule has 0 aromatic heterocycles. The van der Waals surface area contributed by atoms with Crippen molar-refractivity contribution in [2.24, 2.45) is 5.73 Å². The van der Waals surface area contributed by atoms with Crippen LogP contribution in [0.3, 0.4) is 0 Å². The minimum atomic E-state index is -1.47. The molecule has 13 heteroatoms. The van der Waals surface area contributed by atoms with Gasteiger partial charge in [0.1, 0.15) is 29.6 Å². The third kappa shape index (κ3) is 10.4. The van der Waals surface area contributed by atoms with Crippen molar-refractivity contribution in [2.45, 2.75) is 56.5 Å². The van der Waals surface area contributed by atoms with Crippen molar-refractivity contribution in [1.82, 2.24) is 16.0 Å². The molecule has 0 aliphatic rings. The Morgan fingerprint density at radius 2 is 1.30 bits per heavy atom. The van der Waals surface area contributed by atoms with Gasteiger partial charge in [0, 0.05) is 6.42 Å². The molecule has 0 spiro atoms. The number of aliphatic hydroxyl groups excluding tert-OH is 1. The van der Waals surface area contributed by atoms with Gasteiger partial charge < -0.3 is 42.1 Å². The molecular weight excluding hydrogens is 540 g/mol. The summed E-state index contributed by atoms with van der Waals surface area (Å²) in [5.41, 5.74) is 7.22. The highest BCUT2D eigenvalue weighted by Gasteiger charge is 2.32. The molecule has 0 saturated carbocycles. The normalized spacial score (nSPS) is 14.7. The third-order valence-electron chi connectivity index (χ3n) is 6.03. The number of aliphatic carboxylic acids is 1. The summed E-state index contributed by atoms with van der Waals surface area (Å²) < 4.78 is 0. The van der Waals surface area contributed by atoms with Gasteiger partial charge >= 0.3 is 5.97 Å². The second-order valence-electron chi connectivity index (χ2n) is 9.32. The minimum Gasteiger partial charge on any atom is -0.508 e. The first-order valence-corrected chi connectivity index (χ1v) is 13.9. The Bertz CT molecular complexity index is 1140. The molecule has 0 saturated heterocycles. The topological polar surface area (TPSA) is 211 Å². The molecular formula is C27H36N4O8S. The van der Waals surface area contributed by atoms with Gasteiger partial charge in [-0.3, -0.25) is 14.4 Å². The van der Waals surface area contributed by atoms with Crippen LogP contribution < -0.4 is 21.7 Å². The van der Waals surface area contributed by atoms with Crippen molar-refractivity contribution in [3.63, 3.8) is 0 Å². The Kier molecular flexibility index (Phi) is 12.7. The van der Waals surface area contributed by atoms with Crippen LogP contribution in [0.5, 0.6) is 11.5 Å². The summed E-state index contributed by atoms with van der Waals surface area (Å²) in [5, 5.41) is 46.1. The number of carbonyl (C=O) groups excluding carboxylic acids is 3. The molecule has 5 atom stereocenters. The van der Waals surface area contributed by atoms with Crippen LogP contribution in [0.15, 0.2) is 48.5 Å². The van der Waals surface area contributed by atoms with Crippen molar-refractivity contribution in [2.75, 3.05) is 12.0 Å². The standard InChI is InChI=1S/C27H36N4O8S/c1-15(32)23(31-24(35)20(28)13-16-3-7-18(33)8-4-16)26(37)30-22(14-17-5-9-19(34)10-6-17)25(36)29-21(27(38)39)11-12-40-2/h3-10,15,20-23,32-34H,11-14,28H2,1-2H3,(H,29,36)(H,30,37)(H,31,35)(H,38,39). The maximum Gasteiger partial charge on any atom is 0.326 e. The third-order valence-corrected chi connectivity index (χ3v) is 6.67. The van der Waals surface area contributed by atoms with Gasteiger partial charge in [-0.1, -0.05) is 24.3 Å². The molecule has 0 heterocycles. The predicted molar refractivity (Wildman–Crippen MR) is 150 cm³/mol. The quantitative estimate of drug-likeness (QED) is 0.141. The lowest BCUT2D eigenvalue weighted by Crippen LogP contribution is -2.60. The summed E-state index contributed by atoms with van der Waals surface area (Å²) in [6.07, 6.45) is 0.630. The Morgan fingerprint density at radius 3 is 1.77 bits per heavy atom. The second kappa shape index (κ2) is 15.7. The number of thioether (sulfide) groups is 1. The van der Waals surface area contributed by atoms with Gasteiger partial charge in [-0.2, -0.15) is 11.8 Å². The summed E-state index contributed by atoms with van der Waals surface area (Å²) in [5.74, 6) is -3.07. The number of aliphatic hydroxyl groups is 1. The molecule has 0 aliphatic heterocycles. The highest BCUT2D eigenvalue weighted by molar-refractivity contribution is 7.98. The number of nitrogens with two attached hydrogens (primary N) is 1. The summed E-state index contributed by atoms with van der Waals surface area (Å²) >= 11 is 1.42. The Hall–Kier alpha value is -3.81. The van der Waals surface area contributed by atoms with E-state index >= 15 is 0 Å². The average molecular weight is 577 g/mol. The predicted octanol–water partition coefficient (Wildman–Crippen LogP) is -0.117. The van der Waals surface area contributed by atoms with Gasteiger partial charge in [0.2, 0.25) is 17.7 Å². The number of phenolic OH excluding ortho intramolecular Hbond substituents is 2. The number of aromatic hydroxyl groups is 2. The van der Waals surface area contributed by atoms with E-state index in [0.29, 0.717) is 16.9 Å². The SMILES string of the molecule is CSCCC(NC(=O)C(Cc1ccc(O)cc1)NC(=O)C(NC(=O)C(N)Cc1ccc(O)cc1)C(C)O)C(=O)O. The molecule has 3 amide bonds. The molecule has 0 aliphatic carbocycles. The number of hydrogen-bond acceptors (Lipinski definition) is 9. The molecule has 2 aromatic carbocycles. The first-order chi connectivity index (χ1) is 18.9. The van der Waals surface area contributed by atoms with Gasteiger partial charge in [0.15, 0.2) is 0 Å². The van der Waals surface area contributed by atoms with Crippen LogP contribution in [0.1, 0.15) is 24.5 Å². The average Bonchev–Trinajstić information content (AvgIpc) is 2.90. The number of amides is 3. The van der Waals surface area contributed by atoms with E-state index in [9.17, 15) is 39.6 Å². The zero-order valence-corrected chi connectivity index (χ0v) is 23.1. The molecule has 9 N–H and O–H groups in total.